The highest BCUT2D eigenvalue weighted by molar-refractivity contribution is 7.47. The van der Waals surface area contributed by atoms with Crippen LogP contribution in [0.5, 0.6) is 0 Å². The van der Waals surface area contributed by atoms with E-state index in [1.807, 2.05) is 27.2 Å². The summed E-state index contributed by atoms with van der Waals surface area (Å²) in [5, 5.41) is 0. The van der Waals surface area contributed by atoms with Crippen molar-refractivity contribution in [2.45, 2.75) is 110 Å². The molecule has 2 atom stereocenters. The lowest BCUT2D eigenvalue weighted by Crippen LogP contribution is -2.37. The van der Waals surface area contributed by atoms with Crippen LogP contribution in [0.15, 0.2) is 134 Å². The van der Waals surface area contributed by atoms with Gasteiger partial charge in [-0.3, -0.25) is 13.8 Å². The smallest absolute Gasteiger partial charge is 0.457 e. The van der Waals surface area contributed by atoms with Gasteiger partial charge < -0.3 is 18.9 Å². The summed E-state index contributed by atoms with van der Waals surface area (Å²) in [7, 11) is 1.55. The van der Waals surface area contributed by atoms with E-state index in [4.69, 9.17) is 18.5 Å². The summed E-state index contributed by atoms with van der Waals surface area (Å²) in [6.45, 7) is 5.04. The van der Waals surface area contributed by atoms with Gasteiger partial charge in [-0.1, -0.05) is 148 Å². The maximum Gasteiger partial charge on any atom is 0.472 e. The van der Waals surface area contributed by atoms with E-state index in [0.717, 1.165) is 77.0 Å². The first-order valence-corrected chi connectivity index (χ1v) is 22.4. The fraction of sp³-hybridized carbons (Fsp3) is 0.521. The van der Waals surface area contributed by atoms with Gasteiger partial charge in [-0.15, -0.1) is 0 Å². The topological polar surface area (TPSA) is 91.3 Å². The lowest BCUT2D eigenvalue weighted by molar-refractivity contribution is -0.870. The zero-order chi connectivity index (χ0) is 42.0. The quantitative estimate of drug-likeness (QED) is 0.0221. The highest BCUT2D eigenvalue weighted by atomic mass is 31.2. The molecule has 0 aliphatic heterocycles. The van der Waals surface area contributed by atoms with Crippen LogP contribution < -0.4 is 0 Å². The molecule has 1 N–H and O–H groups in total. The Labute approximate surface area is 347 Å². The Morgan fingerprint density at radius 1 is 0.544 bits per heavy atom. The first kappa shape index (κ1) is 53.6. The molecule has 0 saturated carbocycles. The number of allylic oxidation sites excluding steroid dienone is 21. The number of phosphoric ester groups is 1. The number of esters is 1. The first-order chi connectivity index (χ1) is 27.6. The number of carbonyl (C=O) groups excluding carboxylic acids is 1. The fourth-order valence-corrected chi connectivity index (χ4v) is 5.32. The molecule has 2 unspecified atom stereocenters. The molecule has 0 aromatic carbocycles. The molecule has 0 fully saturated rings. The number of unbranched alkanes of at least 4 members (excludes halogenated alkanes) is 1. The second-order valence-corrected chi connectivity index (χ2v) is 15.7. The second kappa shape index (κ2) is 39.5. The third-order valence-corrected chi connectivity index (χ3v) is 8.72. The largest absolute Gasteiger partial charge is 0.472 e. The van der Waals surface area contributed by atoms with E-state index in [0.29, 0.717) is 24.1 Å². The normalized spacial score (nSPS) is 15.1. The predicted molar refractivity (Wildman–Crippen MR) is 242 cm³/mol. The lowest BCUT2D eigenvalue weighted by atomic mass is 10.2. The van der Waals surface area contributed by atoms with Crippen molar-refractivity contribution in [2.24, 2.45) is 0 Å². The number of ether oxygens (including phenoxy) is 2. The van der Waals surface area contributed by atoms with Gasteiger partial charge in [0.05, 0.1) is 40.8 Å². The minimum Gasteiger partial charge on any atom is -0.457 e. The van der Waals surface area contributed by atoms with Crippen LogP contribution >= 0.6 is 7.82 Å². The van der Waals surface area contributed by atoms with Crippen LogP contribution in [-0.2, 0) is 27.9 Å². The van der Waals surface area contributed by atoms with Gasteiger partial charge in [-0.05, 0) is 83.5 Å². The monoisotopic (exact) mass is 811 g/mol. The number of carbonyl (C=O) groups is 1. The molecule has 0 radical (unpaired) electrons. The molecule has 57 heavy (non-hydrogen) atoms. The van der Waals surface area contributed by atoms with Gasteiger partial charge in [-0.2, -0.15) is 0 Å². The summed E-state index contributed by atoms with van der Waals surface area (Å²) in [6, 6.07) is 0. The third-order valence-electron chi connectivity index (χ3n) is 7.74. The van der Waals surface area contributed by atoms with Crippen LogP contribution in [0.3, 0.4) is 0 Å². The molecule has 0 aliphatic carbocycles. The molecular formula is C48H77NO7P+. The van der Waals surface area contributed by atoms with Gasteiger partial charge in [0.2, 0.25) is 0 Å². The van der Waals surface area contributed by atoms with Crippen LogP contribution in [0.2, 0.25) is 0 Å². The number of rotatable bonds is 36. The summed E-state index contributed by atoms with van der Waals surface area (Å²) in [5.74, 6) is -0.467. The first-order valence-electron chi connectivity index (χ1n) is 20.9. The van der Waals surface area contributed by atoms with Crippen molar-refractivity contribution in [1.82, 2.24) is 0 Å². The SMILES string of the molecule is CC/C=C\C/C=C\C/C=C\C/C=C\C/C=C\C/C=C\CCCOCC(COP(=O)(O)OCC[N+](C)(C)C)OC(=O)C/C=C\C/C=C\C/C=C\C/C=C\C/C=C\CC. The van der Waals surface area contributed by atoms with Gasteiger partial charge in [0, 0.05) is 6.61 Å². The second-order valence-electron chi connectivity index (χ2n) is 14.3. The van der Waals surface area contributed by atoms with Crippen molar-refractivity contribution in [3.05, 3.63) is 134 Å². The number of hydrogen-bond donors (Lipinski definition) is 1. The summed E-state index contributed by atoms with van der Waals surface area (Å²) >= 11 is 0. The predicted octanol–water partition coefficient (Wildman–Crippen LogP) is 12.4. The number of likely N-dealkylation sites (N-methyl/N-ethyl adjacent to an activating group) is 1. The molecule has 9 heteroatoms. The zero-order valence-electron chi connectivity index (χ0n) is 36.0. The summed E-state index contributed by atoms with van der Waals surface area (Å²) in [4.78, 5) is 22.8. The van der Waals surface area contributed by atoms with Crippen molar-refractivity contribution in [1.29, 1.82) is 0 Å². The Balaban J connectivity index is 4.53. The van der Waals surface area contributed by atoms with Gasteiger partial charge >= 0.3 is 13.8 Å². The average Bonchev–Trinajstić information content (AvgIpc) is 3.16. The van der Waals surface area contributed by atoms with Crippen LogP contribution in [-0.4, -0.2) is 75.6 Å². The Morgan fingerprint density at radius 2 is 0.930 bits per heavy atom. The van der Waals surface area contributed by atoms with Crippen molar-refractivity contribution >= 4 is 13.8 Å². The Bertz CT molecular complexity index is 1360. The molecule has 0 aliphatic rings. The van der Waals surface area contributed by atoms with E-state index < -0.39 is 19.9 Å². The molecule has 0 aromatic heterocycles. The number of phosphoric acid groups is 1. The molecule has 0 spiro atoms. The Kier molecular flexibility index (Phi) is 37.1. The molecule has 8 nitrogen and oxygen atoms in total. The van der Waals surface area contributed by atoms with Gasteiger partial charge in [0.1, 0.15) is 19.3 Å². The van der Waals surface area contributed by atoms with Gasteiger partial charge in [0.25, 0.3) is 0 Å². The summed E-state index contributed by atoms with van der Waals surface area (Å²) < 4.78 is 34.7. The summed E-state index contributed by atoms with van der Waals surface area (Å²) in [5.41, 5.74) is 0. The highest BCUT2D eigenvalue weighted by Gasteiger charge is 2.26. The maximum absolute atomic E-state index is 12.6. The molecule has 320 valence electrons. The van der Waals surface area contributed by atoms with E-state index in [-0.39, 0.29) is 26.2 Å². The van der Waals surface area contributed by atoms with E-state index in [1.165, 1.54) is 0 Å². The minimum absolute atomic E-state index is 0.0417. The number of hydrogen-bond acceptors (Lipinski definition) is 6. The Morgan fingerprint density at radius 3 is 1.33 bits per heavy atom. The molecule has 0 saturated heterocycles. The average molecular weight is 811 g/mol. The van der Waals surface area contributed by atoms with Crippen molar-refractivity contribution in [3.8, 4) is 0 Å². The van der Waals surface area contributed by atoms with E-state index in [1.54, 1.807) is 6.08 Å². The van der Waals surface area contributed by atoms with E-state index in [2.05, 4.69) is 135 Å². The molecule has 0 bridgehead atoms. The zero-order valence-corrected chi connectivity index (χ0v) is 36.9. The third kappa shape index (κ3) is 43.6. The minimum atomic E-state index is -4.33. The van der Waals surface area contributed by atoms with E-state index >= 15 is 0 Å². The molecule has 0 heterocycles. The van der Waals surface area contributed by atoms with Gasteiger partial charge in [0.15, 0.2) is 0 Å². The van der Waals surface area contributed by atoms with Crippen LogP contribution in [0, 0.1) is 0 Å². The molecule has 0 aromatic rings. The summed E-state index contributed by atoms with van der Waals surface area (Å²) in [6.07, 6.45) is 58.2. The highest BCUT2D eigenvalue weighted by Crippen LogP contribution is 2.43. The van der Waals surface area contributed by atoms with Crippen LogP contribution in [0.4, 0.5) is 0 Å². The van der Waals surface area contributed by atoms with Gasteiger partial charge in [-0.25, -0.2) is 4.57 Å². The lowest BCUT2D eigenvalue weighted by Gasteiger charge is -2.24. The molecule has 0 amide bonds. The van der Waals surface area contributed by atoms with Crippen molar-refractivity contribution in [2.75, 3.05) is 54.1 Å². The maximum atomic E-state index is 12.6. The fourth-order valence-electron chi connectivity index (χ4n) is 4.58. The number of quaternary nitrogens is 1. The van der Waals surface area contributed by atoms with Crippen LogP contribution in [0.25, 0.3) is 0 Å². The van der Waals surface area contributed by atoms with Crippen LogP contribution in [0.1, 0.15) is 104 Å². The van der Waals surface area contributed by atoms with Crippen molar-refractivity contribution in [3.63, 3.8) is 0 Å². The van der Waals surface area contributed by atoms with Crippen molar-refractivity contribution < 1.29 is 37.3 Å². The van der Waals surface area contributed by atoms with E-state index in [9.17, 15) is 14.3 Å². The standard InChI is InChI=1S/C48H76NO7P/c1-6-8-10-12-14-16-18-20-22-23-24-25-26-28-30-32-34-36-38-40-43-53-45-47(46-55-57(51,52)54-44-42-49(3,4)5)56-48(50)41-39-37-35-33-31-29-27-21-19-17-15-13-11-9-7-2/h8-11,14-17,20-22,24-25,27-28,30-31,33-34,36-37,39,47H,6-7,12-13,18-19,23,26,29,32,35,38,40-46H2,1-5H3/p+1/b10-8-,11-9-,16-14-,17-15-,22-20-,25-24-,27-21-,30-28-,33-31-,36-34-,39-37-. The molecular weight excluding hydrogens is 734 g/mol. The Hall–Kier alpha value is -3.36. The number of nitrogens with zero attached hydrogens (tertiary/aromatic N) is 1. The molecule has 0 rings (SSSR count).